The Bertz CT molecular complexity index is 3620. The van der Waals surface area contributed by atoms with E-state index in [0.717, 1.165) is 33.7 Å². The maximum absolute atomic E-state index is 5.01. The normalized spacial score (nSPS) is 14.5. The summed E-state index contributed by atoms with van der Waals surface area (Å²) in [5.41, 5.74) is 18.7. The molecule has 0 N–H and O–H groups in total. The molecule has 8 aromatic carbocycles. The molecule has 4 aromatic heterocycles. The molecular formula is C60H36N4. The summed E-state index contributed by atoms with van der Waals surface area (Å²) in [4.78, 5) is 10.0. The topological polar surface area (TPSA) is 35.6 Å². The zero-order valence-corrected chi connectivity index (χ0v) is 34.6. The molecule has 3 aliphatic carbocycles. The molecule has 0 saturated heterocycles. The average Bonchev–Trinajstić information content (AvgIpc) is 4.06. The van der Waals surface area contributed by atoms with E-state index in [1.807, 2.05) is 24.5 Å². The highest BCUT2D eigenvalue weighted by molar-refractivity contribution is 6.13. The van der Waals surface area contributed by atoms with Gasteiger partial charge in [0, 0.05) is 33.9 Å². The minimum Gasteiger partial charge on any atom is -0.294 e. The van der Waals surface area contributed by atoms with Gasteiger partial charge in [0.15, 0.2) is 0 Å². The average molecular weight is 813 g/mol. The van der Waals surface area contributed by atoms with Gasteiger partial charge in [0.25, 0.3) is 0 Å². The molecular weight excluding hydrogens is 777 g/mol. The fraction of sp³-hybridized carbons (Fsp3) is 0.0333. The number of hydrogen-bond acceptors (Lipinski definition) is 2. The highest BCUT2D eigenvalue weighted by atomic mass is 15.1. The van der Waals surface area contributed by atoms with E-state index in [2.05, 4.69) is 203 Å². The van der Waals surface area contributed by atoms with Crippen molar-refractivity contribution in [2.24, 2.45) is 0 Å². The summed E-state index contributed by atoms with van der Waals surface area (Å²) in [7, 11) is 0. The van der Waals surface area contributed by atoms with Gasteiger partial charge in [0.05, 0.1) is 32.9 Å². The zero-order valence-electron chi connectivity index (χ0n) is 34.6. The van der Waals surface area contributed by atoms with Crippen molar-refractivity contribution in [3.05, 3.63) is 263 Å². The molecule has 296 valence electrons. The first-order chi connectivity index (χ1) is 31.8. The van der Waals surface area contributed by atoms with Crippen molar-refractivity contribution in [3.63, 3.8) is 0 Å². The summed E-state index contributed by atoms with van der Waals surface area (Å²) in [6, 6.07) is 77.2. The molecule has 15 rings (SSSR count). The van der Waals surface area contributed by atoms with E-state index in [9.17, 15) is 0 Å². The van der Waals surface area contributed by atoms with Crippen molar-refractivity contribution in [3.8, 4) is 33.9 Å². The summed E-state index contributed by atoms with van der Waals surface area (Å²) < 4.78 is 4.77. The summed E-state index contributed by atoms with van der Waals surface area (Å²) in [6.45, 7) is 0. The Balaban J connectivity index is 1.23. The third-order valence-electron chi connectivity index (χ3n) is 14.9. The number of fused-ring (bicyclic) bond motifs is 22. The maximum Gasteiger partial charge on any atom is 0.137 e. The second-order valence-electron chi connectivity index (χ2n) is 17.6. The van der Waals surface area contributed by atoms with Crippen molar-refractivity contribution in [2.45, 2.75) is 10.8 Å². The van der Waals surface area contributed by atoms with Crippen LogP contribution in [-0.4, -0.2) is 19.1 Å². The van der Waals surface area contributed by atoms with E-state index in [0.29, 0.717) is 0 Å². The van der Waals surface area contributed by atoms with Crippen molar-refractivity contribution in [1.82, 2.24) is 19.1 Å². The van der Waals surface area contributed by atoms with Gasteiger partial charge in [-0.05, 0) is 127 Å². The van der Waals surface area contributed by atoms with Crippen LogP contribution in [0.1, 0.15) is 44.5 Å². The Morgan fingerprint density at radius 2 is 0.594 bits per heavy atom. The summed E-state index contributed by atoms with van der Waals surface area (Å²) in [5, 5.41) is 4.84. The van der Waals surface area contributed by atoms with Gasteiger partial charge in [-0.1, -0.05) is 146 Å². The molecule has 3 aliphatic rings. The molecule has 0 aliphatic heterocycles. The van der Waals surface area contributed by atoms with E-state index in [-0.39, 0.29) is 0 Å². The first-order valence-electron chi connectivity index (χ1n) is 22.2. The van der Waals surface area contributed by atoms with Crippen molar-refractivity contribution in [1.29, 1.82) is 0 Å². The standard InChI is InChI=1S/C60H36N4/c1-7-23-45-37(17-1)38-18-2-8-24-46(38)59(45)49-33-43-41-21-5-11-27-53(41)64(58-30-14-16-32-62-58)56(43)36-52(49)60(47-25-9-3-19-39(47)40-20-4-10-26-48(40)60)50-34-44-42-22-6-12-28-54(42)63(55(44)35-51(50)59)57-29-13-15-31-61-57/h1-36H. The Kier molecular flexibility index (Phi) is 6.52. The van der Waals surface area contributed by atoms with Gasteiger partial charge < -0.3 is 0 Å². The molecule has 4 heteroatoms. The molecule has 12 aromatic rings. The van der Waals surface area contributed by atoms with Crippen LogP contribution in [0.5, 0.6) is 0 Å². The van der Waals surface area contributed by atoms with Gasteiger partial charge in [0.1, 0.15) is 11.6 Å². The fourth-order valence-electron chi connectivity index (χ4n) is 12.7. The zero-order chi connectivity index (χ0) is 41.7. The first kappa shape index (κ1) is 34.3. The molecule has 64 heavy (non-hydrogen) atoms. The Hall–Kier alpha value is -8.34. The van der Waals surface area contributed by atoms with Crippen molar-refractivity contribution < 1.29 is 0 Å². The lowest BCUT2D eigenvalue weighted by atomic mass is 9.52. The highest BCUT2D eigenvalue weighted by Gasteiger charge is 2.59. The lowest BCUT2D eigenvalue weighted by Crippen LogP contribution is -2.44. The van der Waals surface area contributed by atoms with E-state index >= 15 is 0 Å². The van der Waals surface area contributed by atoms with Crippen LogP contribution in [0.3, 0.4) is 0 Å². The van der Waals surface area contributed by atoms with Crippen LogP contribution in [0.2, 0.25) is 0 Å². The Morgan fingerprint density at radius 1 is 0.266 bits per heavy atom. The van der Waals surface area contributed by atoms with Crippen molar-refractivity contribution >= 4 is 43.6 Å². The third kappa shape index (κ3) is 3.97. The number of nitrogens with zero attached hydrogens (tertiary/aromatic N) is 4. The van der Waals surface area contributed by atoms with Crippen LogP contribution < -0.4 is 0 Å². The quantitative estimate of drug-likeness (QED) is 0.174. The molecule has 0 unspecified atom stereocenters. The number of benzene rings is 8. The van der Waals surface area contributed by atoms with Crippen LogP contribution in [0.15, 0.2) is 219 Å². The molecule has 0 saturated carbocycles. The number of pyridine rings is 2. The lowest BCUT2D eigenvalue weighted by Gasteiger charge is -2.49. The van der Waals surface area contributed by atoms with Crippen LogP contribution in [0.25, 0.3) is 77.5 Å². The molecule has 0 bridgehead atoms. The minimum absolute atomic E-state index is 0.683. The van der Waals surface area contributed by atoms with E-state index in [1.54, 1.807) is 0 Å². The monoisotopic (exact) mass is 812 g/mol. The molecule has 0 fully saturated rings. The Labute approximate surface area is 369 Å². The predicted molar refractivity (Wildman–Crippen MR) is 259 cm³/mol. The maximum atomic E-state index is 5.01. The van der Waals surface area contributed by atoms with Gasteiger partial charge in [-0.15, -0.1) is 0 Å². The second kappa shape index (κ2) is 12.2. The molecule has 0 amide bonds. The molecule has 2 spiro atoms. The summed E-state index contributed by atoms with van der Waals surface area (Å²) in [6.07, 6.45) is 3.81. The summed E-state index contributed by atoms with van der Waals surface area (Å²) in [5.74, 6) is 1.81. The van der Waals surface area contributed by atoms with Gasteiger partial charge in [-0.2, -0.15) is 0 Å². The number of aromatic nitrogens is 4. The first-order valence-corrected chi connectivity index (χ1v) is 22.2. The van der Waals surface area contributed by atoms with Crippen LogP contribution >= 0.6 is 0 Å². The van der Waals surface area contributed by atoms with Gasteiger partial charge >= 0.3 is 0 Å². The van der Waals surface area contributed by atoms with Gasteiger partial charge in [0.2, 0.25) is 0 Å². The third-order valence-corrected chi connectivity index (χ3v) is 14.9. The van der Waals surface area contributed by atoms with Crippen LogP contribution in [0, 0.1) is 0 Å². The number of hydrogen-bond donors (Lipinski definition) is 0. The fourth-order valence-corrected chi connectivity index (χ4v) is 12.7. The highest BCUT2D eigenvalue weighted by Crippen LogP contribution is 2.68. The SMILES string of the molecule is c1ccc(-n2c3ccccc3c3cc4c(cc32)C2(c3ccccc3-c3ccccc32)c2cc3c5ccccc5n(-c5ccccn5)c3cc2C42c3ccccc3-c3ccccc32)nc1. The smallest absolute Gasteiger partial charge is 0.137 e. The molecule has 0 radical (unpaired) electrons. The Morgan fingerprint density at radius 3 is 0.969 bits per heavy atom. The second-order valence-corrected chi connectivity index (χ2v) is 17.6. The van der Waals surface area contributed by atoms with Crippen LogP contribution in [0.4, 0.5) is 0 Å². The van der Waals surface area contributed by atoms with E-state index in [4.69, 9.17) is 9.97 Å². The minimum atomic E-state index is -0.683. The summed E-state index contributed by atoms with van der Waals surface area (Å²) >= 11 is 0. The number of rotatable bonds is 2. The van der Waals surface area contributed by atoms with Crippen molar-refractivity contribution in [2.75, 3.05) is 0 Å². The molecule has 4 nitrogen and oxygen atoms in total. The molecule has 0 atom stereocenters. The predicted octanol–water partition coefficient (Wildman–Crippen LogP) is 13.7. The van der Waals surface area contributed by atoms with E-state index in [1.165, 1.54) is 88.3 Å². The lowest BCUT2D eigenvalue weighted by molar-refractivity contribution is 0.635. The largest absolute Gasteiger partial charge is 0.294 e. The van der Waals surface area contributed by atoms with Gasteiger partial charge in [-0.3, -0.25) is 9.13 Å². The van der Waals surface area contributed by atoms with Gasteiger partial charge in [-0.25, -0.2) is 9.97 Å². The molecule has 4 heterocycles. The van der Waals surface area contributed by atoms with E-state index < -0.39 is 10.8 Å². The number of para-hydroxylation sites is 2. The van der Waals surface area contributed by atoms with Crippen LogP contribution in [-0.2, 0) is 10.8 Å².